The van der Waals surface area contributed by atoms with Gasteiger partial charge in [0.15, 0.2) is 0 Å². The van der Waals surface area contributed by atoms with E-state index in [9.17, 15) is 4.79 Å². The number of carbonyl (C=O) groups is 1. The van der Waals surface area contributed by atoms with Crippen LogP contribution in [0.2, 0.25) is 0 Å². The highest BCUT2D eigenvalue weighted by atomic mass is 16.5. The molecule has 96 valence electrons. The second kappa shape index (κ2) is 7.04. The Morgan fingerprint density at radius 1 is 1.41 bits per heavy atom. The first kappa shape index (κ1) is 13.7. The molecule has 1 aromatic rings. The number of rotatable bonds is 7. The molecule has 1 heterocycles. The van der Waals surface area contributed by atoms with Crippen molar-refractivity contribution in [2.24, 2.45) is 0 Å². The average Bonchev–Trinajstić information content (AvgIpc) is 2.75. The van der Waals surface area contributed by atoms with Crippen molar-refractivity contribution in [1.29, 1.82) is 0 Å². The van der Waals surface area contributed by atoms with Crippen LogP contribution < -0.4 is 0 Å². The molecule has 0 aliphatic rings. The summed E-state index contributed by atoms with van der Waals surface area (Å²) in [4.78, 5) is 11.9. The summed E-state index contributed by atoms with van der Waals surface area (Å²) < 4.78 is 7.04. The standard InChI is InChI=1S/C12H21N3O2/c1-4-7-10(12(16)17-6-3)11-14-13-9-15(11)8-5-2/h9-10H,4-8H2,1-3H3. The molecule has 5 nitrogen and oxygen atoms in total. The van der Waals surface area contributed by atoms with Gasteiger partial charge < -0.3 is 9.30 Å². The van der Waals surface area contributed by atoms with E-state index in [0.29, 0.717) is 6.61 Å². The fraction of sp³-hybridized carbons (Fsp3) is 0.750. The van der Waals surface area contributed by atoms with E-state index in [-0.39, 0.29) is 11.9 Å². The quantitative estimate of drug-likeness (QED) is 0.684. The summed E-state index contributed by atoms with van der Waals surface area (Å²) >= 11 is 0. The minimum atomic E-state index is -0.283. The van der Waals surface area contributed by atoms with Gasteiger partial charge in [-0.25, -0.2) is 0 Å². The summed E-state index contributed by atoms with van der Waals surface area (Å²) in [7, 11) is 0. The highest BCUT2D eigenvalue weighted by Crippen LogP contribution is 2.21. The van der Waals surface area contributed by atoms with Gasteiger partial charge in [-0.2, -0.15) is 0 Å². The predicted molar refractivity (Wildman–Crippen MR) is 64.6 cm³/mol. The lowest BCUT2D eigenvalue weighted by molar-refractivity contribution is -0.145. The molecule has 17 heavy (non-hydrogen) atoms. The number of nitrogens with zero attached hydrogens (tertiary/aromatic N) is 3. The maximum absolute atomic E-state index is 11.9. The molecule has 1 unspecified atom stereocenters. The topological polar surface area (TPSA) is 57.0 Å². The van der Waals surface area contributed by atoms with Crippen molar-refractivity contribution in [3.8, 4) is 0 Å². The zero-order valence-electron chi connectivity index (χ0n) is 10.8. The van der Waals surface area contributed by atoms with Gasteiger partial charge >= 0.3 is 5.97 Å². The Bertz CT molecular complexity index is 349. The number of carbonyl (C=O) groups excluding carboxylic acids is 1. The second-order valence-corrected chi connectivity index (χ2v) is 3.98. The number of aryl methyl sites for hydroxylation is 1. The third kappa shape index (κ3) is 3.54. The van der Waals surface area contributed by atoms with Crippen molar-refractivity contribution >= 4 is 5.97 Å². The SMILES string of the molecule is CCCC(C(=O)OCC)c1nncn1CCC. The first-order chi connectivity index (χ1) is 8.24. The maximum Gasteiger partial charge on any atom is 0.316 e. The molecule has 0 aromatic carbocycles. The maximum atomic E-state index is 11.9. The van der Waals surface area contributed by atoms with Crippen LogP contribution in [0.15, 0.2) is 6.33 Å². The van der Waals surface area contributed by atoms with Crippen LogP contribution in [0.3, 0.4) is 0 Å². The van der Waals surface area contributed by atoms with E-state index in [4.69, 9.17) is 4.74 Å². The fourth-order valence-corrected chi connectivity index (χ4v) is 1.83. The van der Waals surface area contributed by atoms with E-state index in [0.717, 1.165) is 31.6 Å². The Kier molecular flexibility index (Phi) is 5.66. The highest BCUT2D eigenvalue weighted by molar-refractivity contribution is 5.77. The van der Waals surface area contributed by atoms with Gasteiger partial charge in [0, 0.05) is 6.54 Å². The lowest BCUT2D eigenvalue weighted by Crippen LogP contribution is -2.20. The molecule has 0 aliphatic heterocycles. The van der Waals surface area contributed by atoms with Crippen LogP contribution in [0.25, 0.3) is 0 Å². The molecular weight excluding hydrogens is 218 g/mol. The van der Waals surface area contributed by atoms with Crippen LogP contribution in [0.5, 0.6) is 0 Å². The van der Waals surface area contributed by atoms with Gasteiger partial charge in [0.1, 0.15) is 18.1 Å². The summed E-state index contributed by atoms with van der Waals surface area (Å²) in [5.41, 5.74) is 0. The van der Waals surface area contributed by atoms with E-state index in [1.165, 1.54) is 0 Å². The molecule has 0 saturated carbocycles. The van der Waals surface area contributed by atoms with Crippen LogP contribution in [-0.4, -0.2) is 27.3 Å². The molecule has 0 radical (unpaired) electrons. The number of hydrogen-bond acceptors (Lipinski definition) is 4. The predicted octanol–water partition coefficient (Wildman–Crippen LogP) is 2.13. The molecule has 1 atom stereocenters. The first-order valence-electron chi connectivity index (χ1n) is 6.28. The van der Waals surface area contributed by atoms with E-state index in [1.54, 1.807) is 6.33 Å². The summed E-state index contributed by atoms with van der Waals surface area (Å²) in [5, 5.41) is 7.96. The summed E-state index contributed by atoms with van der Waals surface area (Å²) in [6.07, 6.45) is 4.34. The Labute approximate surface area is 102 Å². The largest absolute Gasteiger partial charge is 0.465 e. The fourth-order valence-electron chi connectivity index (χ4n) is 1.83. The van der Waals surface area contributed by atoms with E-state index >= 15 is 0 Å². The van der Waals surface area contributed by atoms with Crippen LogP contribution in [-0.2, 0) is 16.1 Å². The van der Waals surface area contributed by atoms with Crippen molar-refractivity contribution in [3.63, 3.8) is 0 Å². The molecule has 0 amide bonds. The van der Waals surface area contributed by atoms with Crippen molar-refractivity contribution < 1.29 is 9.53 Å². The van der Waals surface area contributed by atoms with Gasteiger partial charge in [0.05, 0.1) is 6.61 Å². The highest BCUT2D eigenvalue weighted by Gasteiger charge is 2.25. The zero-order valence-corrected chi connectivity index (χ0v) is 10.8. The Balaban J connectivity index is 2.88. The smallest absolute Gasteiger partial charge is 0.316 e. The van der Waals surface area contributed by atoms with E-state index in [2.05, 4.69) is 17.1 Å². The van der Waals surface area contributed by atoms with E-state index < -0.39 is 0 Å². The molecule has 0 aliphatic carbocycles. The lowest BCUT2D eigenvalue weighted by Gasteiger charge is -2.15. The Morgan fingerprint density at radius 3 is 2.76 bits per heavy atom. The van der Waals surface area contributed by atoms with Crippen molar-refractivity contribution in [2.45, 2.75) is 52.5 Å². The van der Waals surface area contributed by atoms with Crippen molar-refractivity contribution in [3.05, 3.63) is 12.2 Å². The molecule has 0 spiro atoms. The van der Waals surface area contributed by atoms with Gasteiger partial charge in [-0.15, -0.1) is 10.2 Å². The molecule has 1 rings (SSSR count). The van der Waals surface area contributed by atoms with Crippen molar-refractivity contribution in [2.75, 3.05) is 6.61 Å². The molecule has 0 saturated heterocycles. The van der Waals surface area contributed by atoms with Crippen LogP contribution >= 0.6 is 0 Å². The van der Waals surface area contributed by atoms with Crippen molar-refractivity contribution in [1.82, 2.24) is 14.8 Å². The molecular formula is C12H21N3O2. The third-order valence-electron chi connectivity index (χ3n) is 2.57. The zero-order chi connectivity index (χ0) is 12.7. The van der Waals surface area contributed by atoms with Crippen LogP contribution in [0.1, 0.15) is 51.8 Å². The first-order valence-corrected chi connectivity index (χ1v) is 6.28. The van der Waals surface area contributed by atoms with Gasteiger partial charge in [0.2, 0.25) is 0 Å². The molecule has 0 N–H and O–H groups in total. The average molecular weight is 239 g/mol. The molecule has 1 aromatic heterocycles. The second-order valence-electron chi connectivity index (χ2n) is 3.98. The molecule has 0 fully saturated rings. The number of hydrogen-bond donors (Lipinski definition) is 0. The molecule has 0 bridgehead atoms. The minimum Gasteiger partial charge on any atom is -0.465 e. The monoisotopic (exact) mass is 239 g/mol. The molecule has 5 heteroatoms. The summed E-state index contributed by atoms with van der Waals surface area (Å²) in [5.74, 6) is 0.251. The Morgan fingerprint density at radius 2 is 2.18 bits per heavy atom. The minimum absolute atomic E-state index is 0.195. The van der Waals surface area contributed by atoms with Gasteiger partial charge in [-0.1, -0.05) is 20.3 Å². The number of esters is 1. The summed E-state index contributed by atoms with van der Waals surface area (Å²) in [6, 6.07) is 0. The summed E-state index contributed by atoms with van der Waals surface area (Å²) in [6.45, 7) is 7.19. The van der Waals surface area contributed by atoms with Gasteiger partial charge in [-0.3, -0.25) is 4.79 Å². The van der Waals surface area contributed by atoms with E-state index in [1.807, 2.05) is 18.4 Å². The lowest BCUT2D eigenvalue weighted by atomic mass is 10.0. The van der Waals surface area contributed by atoms with Crippen LogP contribution in [0, 0.1) is 0 Å². The van der Waals surface area contributed by atoms with Gasteiger partial charge in [-0.05, 0) is 19.8 Å². The number of aromatic nitrogens is 3. The van der Waals surface area contributed by atoms with Gasteiger partial charge in [0.25, 0.3) is 0 Å². The Hall–Kier alpha value is -1.39. The third-order valence-corrected chi connectivity index (χ3v) is 2.57. The number of ether oxygens (including phenoxy) is 1. The van der Waals surface area contributed by atoms with Crippen LogP contribution in [0.4, 0.5) is 0 Å². The normalized spacial score (nSPS) is 12.4.